The van der Waals surface area contributed by atoms with E-state index in [0.717, 1.165) is 25.7 Å². The molecule has 0 atom stereocenters. The molecule has 0 fully saturated rings. The van der Waals surface area contributed by atoms with Gasteiger partial charge in [-0.3, -0.25) is 9.59 Å². The highest BCUT2D eigenvalue weighted by atomic mass is 16.4. The standard InChI is InChI=1S/C20H30O3/c1-2-3-4-5-10-13-16-19(21)17-14-11-8-6-7-9-12-15-18-20(22)23/h7-9,11,13-14,16-17H,2-6,10,12,15,18H2,1H3,(H,22,23)/b9-7+,11-8+,16-13+,17-14+. The Hall–Kier alpha value is -1.90. The van der Waals surface area contributed by atoms with Crippen molar-refractivity contribution in [1.29, 1.82) is 0 Å². The Kier molecular flexibility index (Phi) is 15.1. The van der Waals surface area contributed by atoms with Crippen molar-refractivity contribution in [2.75, 3.05) is 0 Å². The van der Waals surface area contributed by atoms with Crippen molar-refractivity contribution in [1.82, 2.24) is 0 Å². The fourth-order valence-electron chi connectivity index (χ4n) is 1.92. The summed E-state index contributed by atoms with van der Waals surface area (Å²) in [6.07, 6.45) is 23.0. The number of ketones is 1. The number of carboxylic acids is 1. The van der Waals surface area contributed by atoms with Gasteiger partial charge in [-0.05, 0) is 44.3 Å². The van der Waals surface area contributed by atoms with Crippen molar-refractivity contribution in [2.24, 2.45) is 0 Å². The summed E-state index contributed by atoms with van der Waals surface area (Å²) < 4.78 is 0. The maximum Gasteiger partial charge on any atom is 0.303 e. The monoisotopic (exact) mass is 318 g/mol. The molecule has 0 aromatic heterocycles. The van der Waals surface area contributed by atoms with Crippen LogP contribution < -0.4 is 0 Å². The van der Waals surface area contributed by atoms with Crippen LogP contribution in [0.25, 0.3) is 0 Å². The number of hydrogen-bond acceptors (Lipinski definition) is 2. The van der Waals surface area contributed by atoms with Crippen molar-refractivity contribution in [3.05, 3.63) is 48.6 Å². The molecule has 0 aliphatic rings. The number of carbonyl (C=O) groups excluding carboxylic acids is 1. The maximum absolute atomic E-state index is 11.5. The summed E-state index contributed by atoms with van der Waals surface area (Å²) in [5.74, 6) is -0.725. The van der Waals surface area contributed by atoms with E-state index in [0.29, 0.717) is 6.42 Å². The van der Waals surface area contributed by atoms with Gasteiger partial charge >= 0.3 is 5.97 Å². The highest BCUT2D eigenvalue weighted by Crippen LogP contribution is 2.03. The van der Waals surface area contributed by atoms with Gasteiger partial charge in [0.15, 0.2) is 5.78 Å². The molecule has 0 radical (unpaired) electrons. The molecule has 0 saturated carbocycles. The van der Waals surface area contributed by atoms with Gasteiger partial charge in [-0.1, -0.05) is 62.6 Å². The maximum atomic E-state index is 11.5. The van der Waals surface area contributed by atoms with Crippen LogP contribution >= 0.6 is 0 Å². The van der Waals surface area contributed by atoms with Crippen molar-refractivity contribution >= 4 is 11.8 Å². The molecule has 0 aromatic rings. The highest BCUT2D eigenvalue weighted by Gasteiger charge is 1.92. The van der Waals surface area contributed by atoms with E-state index in [1.165, 1.54) is 19.3 Å². The second-order valence-corrected chi connectivity index (χ2v) is 5.43. The summed E-state index contributed by atoms with van der Waals surface area (Å²) in [5.41, 5.74) is 0. The molecule has 0 saturated heterocycles. The Bertz CT molecular complexity index is 428. The van der Waals surface area contributed by atoms with Crippen LogP contribution in [0.4, 0.5) is 0 Å². The van der Waals surface area contributed by atoms with Gasteiger partial charge in [-0.2, -0.15) is 0 Å². The van der Waals surface area contributed by atoms with Crippen LogP contribution in [0.15, 0.2) is 48.6 Å². The first-order chi connectivity index (χ1) is 11.2. The molecular weight excluding hydrogens is 288 g/mol. The van der Waals surface area contributed by atoms with E-state index in [1.807, 2.05) is 30.4 Å². The van der Waals surface area contributed by atoms with Crippen LogP contribution in [0.2, 0.25) is 0 Å². The first-order valence-corrected chi connectivity index (χ1v) is 8.57. The summed E-state index contributed by atoms with van der Waals surface area (Å²) in [6.45, 7) is 2.19. The normalized spacial score (nSPS) is 12.2. The molecule has 0 heterocycles. The minimum absolute atomic E-state index is 0.0226. The van der Waals surface area contributed by atoms with Gasteiger partial charge in [-0.25, -0.2) is 0 Å². The average molecular weight is 318 g/mol. The number of unbranched alkanes of at least 4 members (excludes halogenated alkanes) is 5. The van der Waals surface area contributed by atoms with Crippen LogP contribution in [0.1, 0.15) is 64.7 Å². The zero-order valence-electron chi connectivity index (χ0n) is 14.2. The number of hydrogen-bond donors (Lipinski definition) is 1. The SMILES string of the molecule is CCCCCC/C=C/C(=O)/C=C/C=C/C/C=C/CCCC(=O)O. The molecule has 0 bridgehead atoms. The van der Waals surface area contributed by atoms with Crippen LogP contribution in [0, 0.1) is 0 Å². The van der Waals surface area contributed by atoms with Gasteiger partial charge in [0.1, 0.15) is 0 Å². The third-order valence-electron chi connectivity index (χ3n) is 3.21. The van der Waals surface area contributed by atoms with Gasteiger partial charge in [-0.15, -0.1) is 0 Å². The predicted molar refractivity (Wildman–Crippen MR) is 96.4 cm³/mol. The lowest BCUT2D eigenvalue weighted by atomic mass is 10.1. The molecule has 23 heavy (non-hydrogen) atoms. The Morgan fingerprint density at radius 2 is 1.61 bits per heavy atom. The van der Waals surface area contributed by atoms with Gasteiger partial charge < -0.3 is 5.11 Å². The molecule has 0 aromatic carbocycles. The topological polar surface area (TPSA) is 54.4 Å². The van der Waals surface area contributed by atoms with Gasteiger partial charge in [0.05, 0.1) is 0 Å². The largest absolute Gasteiger partial charge is 0.481 e. The van der Waals surface area contributed by atoms with Gasteiger partial charge in [0, 0.05) is 6.42 Å². The smallest absolute Gasteiger partial charge is 0.303 e. The van der Waals surface area contributed by atoms with Crippen molar-refractivity contribution in [3.8, 4) is 0 Å². The molecule has 0 amide bonds. The number of carboxylic acid groups (broad SMARTS) is 1. The van der Waals surface area contributed by atoms with Crippen LogP contribution in [0.5, 0.6) is 0 Å². The van der Waals surface area contributed by atoms with Crippen LogP contribution in [-0.4, -0.2) is 16.9 Å². The summed E-state index contributed by atoms with van der Waals surface area (Å²) in [7, 11) is 0. The summed E-state index contributed by atoms with van der Waals surface area (Å²) in [6, 6.07) is 0. The lowest BCUT2D eigenvalue weighted by Gasteiger charge is -1.93. The second-order valence-electron chi connectivity index (χ2n) is 5.43. The van der Waals surface area contributed by atoms with E-state index in [2.05, 4.69) is 6.92 Å². The molecule has 1 N–H and O–H groups in total. The third-order valence-corrected chi connectivity index (χ3v) is 3.21. The summed E-state index contributed by atoms with van der Waals surface area (Å²) >= 11 is 0. The van der Waals surface area contributed by atoms with E-state index in [9.17, 15) is 9.59 Å². The van der Waals surface area contributed by atoms with E-state index in [4.69, 9.17) is 5.11 Å². The Labute approximate surface area is 140 Å². The van der Waals surface area contributed by atoms with Crippen LogP contribution in [0.3, 0.4) is 0 Å². The lowest BCUT2D eigenvalue weighted by Crippen LogP contribution is -1.92. The molecule has 0 unspecified atom stereocenters. The minimum atomic E-state index is -0.747. The van der Waals surface area contributed by atoms with E-state index in [-0.39, 0.29) is 12.2 Å². The number of rotatable bonds is 14. The van der Waals surface area contributed by atoms with E-state index in [1.54, 1.807) is 18.2 Å². The lowest BCUT2D eigenvalue weighted by molar-refractivity contribution is -0.137. The Morgan fingerprint density at radius 3 is 2.35 bits per heavy atom. The quantitative estimate of drug-likeness (QED) is 0.202. The fraction of sp³-hybridized carbons (Fsp3) is 0.500. The average Bonchev–Trinajstić information content (AvgIpc) is 2.52. The molecule has 0 aliphatic heterocycles. The molecule has 3 heteroatoms. The summed E-state index contributed by atoms with van der Waals surface area (Å²) in [4.78, 5) is 21.8. The molecule has 128 valence electrons. The first kappa shape index (κ1) is 21.1. The molecule has 0 aliphatic carbocycles. The molecule has 0 spiro atoms. The fourth-order valence-corrected chi connectivity index (χ4v) is 1.92. The van der Waals surface area contributed by atoms with E-state index < -0.39 is 5.97 Å². The van der Waals surface area contributed by atoms with Gasteiger partial charge in [0.2, 0.25) is 0 Å². The van der Waals surface area contributed by atoms with Crippen molar-refractivity contribution in [3.63, 3.8) is 0 Å². The molecule has 3 nitrogen and oxygen atoms in total. The summed E-state index contributed by atoms with van der Waals surface area (Å²) in [5, 5.41) is 8.49. The van der Waals surface area contributed by atoms with Crippen molar-refractivity contribution in [2.45, 2.75) is 64.7 Å². The predicted octanol–water partition coefficient (Wildman–Crippen LogP) is 5.40. The molecular formula is C20H30O3. The van der Waals surface area contributed by atoms with E-state index >= 15 is 0 Å². The Balaban J connectivity index is 3.66. The third kappa shape index (κ3) is 18.1. The first-order valence-electron chi connectivity index (χ1n) is 8.57. The zero-order valence-corrected chi connectivity index (χ0v) is 14.2. The number of carbonyl (C=O) groups is 2. The number of allylic oxidation sites excluding steroid dienone is 8. The van der Waals surface area contributed by atoms with Crippen molar-refractivity contribution < 1.29 is 14.7 Å². The molecule has 0 rings (SSSR count). The zero-order chi connectivity index (χ0) is 17.2. The van der Waals surface area contributed by atoms with Gasteiger partial charge in [0.25, 0.3) is 0 Å². The number of aliphatic carboxylic acids is 1. The minimum Gasteiger partial charge on any atom is -0.481 e. The second kappa shape index (κ2) is 16.5. The van der Waals surface area contributed by atoms with Crippen LogP contribution in [-0.2, 0) is 9.59 Å². The highest BCUT2D eigenvalue weighted by molar-refractivity contribution is 5.99. The Morgan fingerprint density at radius 1 is 0.826 bits per heavy atom.